The predicted octanol–water partition coefficient (Wildman–Crippen LogP) is 2.54. The predicted molar refractivity (Wildman–Crippen MR) is 78.9 cm³/mol. The zero-order chi connectivity index (χ0) is 15.1. The minimum Gasteiger partial charge on any atom is -0.444 e. The van der Waals surface area contributed by atoms with E-state index in [0.717, 1.165) is 6.42 Å². The Hall–Kier alpha value is -1.21. The van der Waals surface area contributed by atoms with Crippen LogP contribution in [0.25, 0.3) is 0 Å². The van der Waals surface area contributed by atoms with Gasteiger partial charge in [-0.25, -0.2) is 4.79 Å². The van der Waals surface area contributed by atoms with E-state index >= 15 is 0 Å². The molecule has 2 N–H and O–H groups in total. The smallest absolute Gasteiger partial charge is 0.407 e. The summed E-state index contributed by atoms with van der Waals surface area (Å²) in [5, 5.41) is 6.09. The summed E-state index contributed by atoms with van der Waals surface area (Å²) in [4.78, 5) is 11.7. The largest absolute Gasteiger partial charge is 0.444 e. The van der Waals surface area contributed by atoms with Crippen LogP contribution in [0.5, 0.6) is 0 Å². The van der Waals surface area contributed by atoms with Crippen LogP contribution in [-0.4, -0.2) is 30.3 Å². The van der Waals surface area contributed by atoms with Crippen molar-refractivity contribution in [3.05, 3.63) is 0 Å². The molecule has 0 bridgehead atoms. The van der Waals surface area contributed by atoms with E-state index in [1.807, 2.05) is 20.8 Å². The maximum Gasteiger partial charge on any atom is 0.407 e. The molecule has 0 rings (SSSR count). The Labute approximate surface area is 117 Å². The first-order chi connectivity index (χ1) is 8.58. The second kappa shape index (κ2) is 7.40. The Bertz CT molecular complexity index is 326. The molecule has 0 spiro atoms. The molecule has 4 heteroatoms. The molecule has 110 valence electrons. The summed E-state index contributed by atoms with van der Waals surface area (Å²) in [6, 6.07) is 0. The zero-order valence-corrected chi connectivity index (χ0v) is 13.1. The first-order valence-corrected chi connectivity index (χ1v) is 6.73. The van der Waals surface area contributed by atoms with Crippen LogP contribution in [0.2, 0.25) is 0 Å². The van der Waals surface area contributed by atoms with E-state index in [1.54, 1.807) is 0 Å². The summed E-state index contributed by atoms with van der Waals surface area (Å²) in [6.45, 7) is 12.8. The molecule has 0 aliphatic carbocycles. The van der Waals surface area contributed by atoms with E-state index < -0.39 is 11.7 Å². The van der Waals surface area contributed by atoms with E-state index in [1.165, 1.54) is 0 Å². The standard InChI is InChI=1S/C15H28N2O2/c1-8-9-17-15(7,10-12(2)3)11-16-13(18)19-14(4,5)6/h1,12,17H,9-11H2,2-7H3,(H,16,18). The Morgan fingerprint density at radius 1 is 1.32 bits per heavy atom. The number of hydrogen-bond acceptors (Lipinski definition) is 3. The second-order valence-electron chi connectivity index (χ2n) is 6.57. The van der Waals surface area contributed by atoms with Crippen molar-refractivity contribution in [2.45, 2.75) is 59.1 Å². The fourth-order valence-electron chi connectivity index (χ4n) is 1.95. The molecule has 0 fully saturated rings. The van der Waals surface area contributed by atoms with Crippen molar-refractivity contribution >= 4 is 6.09 Å². The lowest BCUT2D eigenvalue weighted by Gasteiger charge is -2.32. The molecule has 0 aliphatic rings. The molecule has 0 aromatic rings. The number of ether oxygens (including phenoxy) is 1. The number of terminal acetylenes is 1. The van der Waals surface area contributed by atoms with Crippen molar-refractivity contribution in [1.29, 1.82) is 0 Å². The number of alkyl carbamates (subject to hydrolysis) is 1. The minimum atomic E-state index is -0.481. The lowest BCUT2D eigenvalue weighted by molar-refractivity contribution is 0.0508. The second-order valence-corrected chi connectivity index (χ2v) is 6.57. The van der Waals surface area contributed by atoms with Crippen LogP contribution in [0.4, 0.5) is 4.79 Å². The number of nitrogens with one attached hydrogen (secondary N) is 2. The molecule has 0 saturated heterocycles. The van der Waals surface area contributed by atoms with Gasteiger partial charge in [0, 0.05) is 12.1 Å². The first-order valence-electron chi connectivity index (χ1n) is 6.73. The third kappa shape index (κ3) is 9.38. The average molecular weight is 268 g/mol. The van der Waals surface area contributed by atoms with Gasteiger partial charge < -0.3 is 10.1 Å². The third-order valence-corrected chi connectivity index (χ3v) is 2.50. The van der Waals surface area contributed by atoms with Gasteiger partial charge in [-0.1, -0.05) is 19.8 Å². The summed E-state index contributed by atoms with van der Waals surface area (Å²) in [5.74, 6) is 3.08. The quantitative estimate of drug-likeness (QED) is 0.728. The van der Waals surface area contributed by atoms with Gasteiger partial charge in [-0.2, -0.15) is 0 Å². The number of amides is 1. The SMILES string of the molecule is C#CCNC(C)(CNC(=O)OC(C)(C)C)CC(C)C. The van der Waals surface area contributed by atoms with Crippen molar-refractivity contribution < 1.29 is 9.53 Å². The molecular weight excluding hydrogens is 240 g/mol. The highest BCUT2D eigenvalue weighted by Crippen LogP contribution is 2.16. The maximum atomic E-state index is 11.7. The Morgan fingerprint density at radius 3 is 2.32 bits per heavy atom. The van der Waals surface area contributed by atoms with Gasteiger partial charge in [0.15, 0.2) is 0 Å². The molecule has 19 heavy (non-hydrogen) atoms. The van der Waals surface area contributed by atoms with E-state index in [-0.39, 0.29) is 5.54 Å². The molecule has 1 atom stereocenters. The number of carbonyl (C=O) groups excluding carboxylic acids is 1. The normalized spacial score (nSPS) is 14.6. The van der Waals surface area contributed by atoms with Gasteiger partial charge in [0.2, 0.25) is 0 Å². The summed E-state index contributed by atoms with van der Waals surface area (Å²) in [7, 11) is 0. The lowest BCUT2D eigenvalue weighted by atomic mass is 9.90. The summed E-state index contributed by atoms with van der Waals surface area (Å²) in [5.41, 5.74) is -0.706. The summed E-state index contributed by atoms with van der Waals surface area (Å²) < 4.78 is 5.22. The molecule has 0 aromatic carbocycles. The molecule has 0 heterocycles. The van der Waals surface area contributed by atoms with E-state index in [0.29, 0.717) is 19.0 Å². The summed E-state index contributed by atoms with van der Waals surface area (Å²) >= 11 is 0. The molecule has 0 radical (unpaired) electrons. The fraction of sp³-hybridized carbons (Fsp3) is 0.800. The van der Waals surface area contributed by atoms with Crippen LogP contribution < -0.4 is 10.6 Å². The van der Waals surface area contributed by atoms with Gasteiger partial charge in [0.05, 0.1) is 6.54 Å². The van der Waals surface area contributed by atoms with E-state index in [4.69, 9.17) is 11.2 Å². The van der Waals surface area contributed by atoms with Crippen molar-refractivity contribution in [1.82, 2.24) is 10.6 Å². The van der Waals surface area contributed by atoms with Crippen molar-refractivity contribution in [3.63, 3.8) is 0 Å². The van der Waals surface area contributed by atoms with Crippen LogP contribution in [0, 0.1) is 18.3 Å². The topological polar surface area (TPSA) is 50.4 Å². The van der Waals surface area contributed by atoms with Gasteiger partial charge in [0.1, 0.15) is 5.60 Å². The highest BCUT2D eigenvalue weighted by atomic mass is 16.6. The van der Waals surface area contributed by atoms with Crippen LogP contribution >= 0.6 is 0 Å². The lowest BCUT2D eigenvalue weighted by Crippen LogP contribution is -2.52. The van der Waals surface area contributed by atoms with Gasteiger partial charge in [-0.05, 0) is 40.0 Å². The average Bonchev–Trinajstić information content (AvgIpc) is 2.21. The van der Waals surface area contributed by atoms with Crippen LogP contribution in [0.3, 0.4) is 0 Å². The minimum absolute atomic E-state index is 0.225. The first kappa shape index (κ1) is 17.8. The van der Waals surface area contributed by atoms with Crippen LogP contribution in [-0.2, 0) is 4.74 Å². The molecule has 1 amide bonds. The Kier molecular flexibility index (Phi) is 6.93. The molecule has 4 nitrogen and oxygen atoms in total. The van der Waals surface area contributed by atoms with Crippen LogP contribution in [0.1, 0.15) is 48.0 Å². The highest BCUT2D eigenvalue weighted by Gasteiger charge is 2.26. The molecular formula is C15H28N2O2. The van der Waals surface area contributed by atoms with Crippen LogP contribution in [0.15, 0.2) is 0 Å². The molecule has 0 saturated carbocycles. The van der Waals surface area contributed by atoms with Crippen molar-refractivity contribution in [2.24, 2.45) is 5.92 Å². The molecule has 1 unspecified atom stereocenters. The van der Waals surface area contributed by atoms with Crippen molar-refractivity contribution in [2.75, 3.05) is 13.1 Å². The fourth-order valence-corrected chi connectivity index (χ4v) is 1.95. The molecule has 0 aromatic heterocycles. The number of hydrogen-bond donors (Lipinski definition) is 2. The maximum absolute atomic E-state index is 11.7. The molecule has 0 aliphatic heterocycles. The van der Waals surface area contributed by atoms with Gasteiger partial charge in [0.25, 0.3) is 0 Å². The van der Waals surface area contributed by atoms with E-state index in [2.05, 4.69) is 37.3 Å². The van der Waals surface area contributed by atoms with E-state index in [9.17, 15) is 4.79 Å². The zero-order valence-electron chi connectivity index (χ0n) is 13.1. The number of rotatable bonds is 6. The van der Waals surface area contributed by atoms with Gasteiger partial charge in [-0.15, -0.1) is 6.42 Å². The van der Waals surface area contributed by atoms with Gasteiger partial charge >= 0.3 is 6.09 Å². The Balaban J connectivity index is 4.41. The summed E-state index contributed by atoms with van der Waals surface area (Å²) in [6.07, 6.45) is 5.80. The Morgan fingerprint density at radius 2 is 1.89 bits per heavy atom. The van der Waals surface area contributed by atoms with Crippen molar-refractivity contribution in [3.8, 4) is 12.3 Å². The third-order valence-electron chi connectivity index (χ3n) is 2.50. The number of carbonyl (C=O) groups is 1. The highest BCUT2D eigenvalue weighted by molar-refractivity contribution is 5.67. The van der Waals surface area contributed by atoms with Gasteiger partial charge in [-0.3, -0.25) is 5.32 Å². The monoisotopic (exact) mass is 268 g/mol.